The van der Waals surface area contributed by atoms with E-state index in [1.807, 2.05) is 64.1 Å². The largest absolute Gasteiger partial charge is 0.494 e. The van der Waals surface area contributed by atoms with Gasteiger partial charge in [-0.15, -0.1) is 0 Å². The minimum absolute atomic E-state index is 0.00873. The SMILES string of the molecule is COC[C@]1(O)CCCC[C@H]1n1cnc(C(=O)N2CCNC[C@H]2CCOc2ccc(C)cc2)c1-c1ccccc1. The first kappa shape index (κ1) is 27.4. The van der Waals surface area contributed by atoms with Gasteiger partial charge >= 0.3 is 0 Å². The van der Waals surface area contributed by atoms with Gasteiger partial charge in [0.25, 0.3) is 5.91 Å². The fourth-order valence-electron chi connectivity index (χ4n) is 6.03. The van der Waals surface area contributed by atoms with Crippen LogP contribution in [0.2, 0.25) is 0 Å². The number of methoxy groups -OCH3 is 1. The summed E-state index contributed by atoms with van der Waals surface area (Å²) >= 11 is 0. The Bertz CT molecular complexity index is 1230. The Hall–Kier alpha value is -3.20. The number of hydrogen-bond donors (Lipinski definition) is 2. The number of nitrogens with one attached hydrogen (secondary N) is 1. The Labute approximate surface area is 231 Å². The number of aliphatic hydroxyl groups is 1. The number of imidazole rings is 1. The first-order valence-corrected chi connectivity index (χ1v) is 14.0. The third-order valence-electron chi connectivity index (χ3n) is 8.08. The number of piperazine rings is 1. The standard InChI is InChI=1S/C31H40N4O4/c1-23-11-13-26(14-12-23)39-19-15-25-20-32-17-18-34(25)30(36)28-29(24-8-4-3-5-9-24)35(22-33-28)27-10-6-7-16-31(27,37)21-38-2/h3-5,8-9,11-14,22,25,27,32,37H,6-7,10,15-21H2,1-2H3/t25-,27-,31-/m1/s1. The van der Waals surface area contributed by atoms with Crippen molar-refractivity contribution in [1.29, 1.82) is 0 Å². The zero-order chi connectivity index (χ0) is 27.2. The molecule has 2 N–H and O–H groups in total. The molecule has 208 valence electrons. The zero-order valence-electron chi connectivity index (χ0n) is 23.0. The maximum atomic E-state index is 14.2. The van der Waals surface area contributed by atoms with E-state index < -0.39 is 5.60 Å². The molecular weight excluding hydrogens is 492 g/mol. The predicted molar refractivity (Wildman–Crippen MR) is 151 cm³/mol. The van der Waals surface area contributed by atoms with Gasteiger partial charge < -0.3 is 29.4 Å². The summed E-state index contributed by atoms with van der Waals surface area (Å²) in [6, 6.07) is 17.7. The molecule has 1 amide bonds. The number of benzene rings is 2. The molecule has 1 aliphatic heterocycles. The lowest BCUT2D eigenvalue weighted by Gasteiger charge is -2.41. The molecule has 3 atom stereocenters. The van der Waals surface area contributed by atoms with Crippen molar-refractivity contribution in [2.45, 2.75) is 56.7 Å². The molecule has 1 saturated heterocycles. The van der Waals surface area contributed by atoms with Gasteiger partial charge in [0.05, 0.1) is 31.3 Å². The highest BCUT2D eigenvalue weighted by Crippen LogP contribution is 2.41. The average Bonchev–Trinajstić information content (AvgIpc) is 3.39. The second-order valence-electron chi connectivity index (χ2n) is 10.8. The molecule has 0 unspecified atom stereocenters. The van der Waals surface area contributed by atoms with E-state index in [2.05, 4.69) is 12.2 Å². The Kier molecular flexibility index (Phi) is 8.65. The van der Waals surface area contributed by atoms with E-state index in [9.17, 15) is 9.90 Å². The van der Waals surface area contributed by atoms with Crippen LogP contribution < -0.4 is 10.1 Å². The summed E-state index contributed by atoms with van der Waals surface area (Å²) in [6.07, 6.45) is 5.87. The number of aromatic nitrogens is 2. The lowest BCUT2D eigenvalue weighted by Crippen LogP contribution is -2.54. The van der Waals surface area contributed by atoms with Gasteiger partial charge in [-0.25, -0.2) is 4.98 Å². The summed E-state index contributed by atoms with van der Waals surface area (Å²) < 4.78 is 13.5. The summed E-state index contributed by atoms with van der Waals surface area (Å²) in [5, 5.41) is 15.0. The maximum absolute atomic E-state index is 14.2. The van der Waals surface area contributed by atoms with Crippen LogP contribution in [0.1, 0.15) is 54.2 Å². The molecule has 0 bridgehead atoms. The second-order valence-corrected chi connectivity index (χ2v) is 10.8. The molecule has 39 heavy (non-hydrogen) atoms. The summed E-state index contributed by atoms with van der Waals surface area (Å²) in [5.41, 5.74) is 2.28. The van der Waals surface area contributed by atoms with E-state index >= 15 is 0 Å². The second kappa shape index (κ2) is 12.3. The number of carbonyl (C=O) groups is 1. The third kappa shape index (κ3) is 6.03. The summed E-state index contributed by atoms with van der Waals surface area (Å²) in [6.45, 7) is 4.86. The van der Waals surface area contributed by atoms with Gasteiger partial charge in [-0.2, -0.15) is 0 Å². The molecule has 8 nitrogen and oxygen atoms in total. The van der Waals surface area contributed by atoms with Crippen molar-refractivity contribution in [3.8, 4) is 17.0 Å². The smallest absolute Gasteiger partial charge is 0.275 e. The molecular formula is C31H40N4O4. The fourth-order valence-corrected chi connectivity index (χ4v) is 6.03. The molecule has 5 rings (SSSR count). The number of carbonyl (C=O) groups excluding carboxylic acids is 1. The molecule has 8 heteroatoms. The van der Waals surface area contributed by atoms with Crippen LogP contribution in [0.15, 0.2) is 60.9 Å². The highest BCUT2D eigenvalue weighted by Gasteiger charge is 2.42. The van der Waals surface area contributed by atoms with Crippen LogP contribution in [0.5, 0.6) is 5.75 Å². The van der Waals surface area contributed by atoms with E-state index in [1.54, 1.807) is 13.4 Å². The highest BCUT2D eigenvalue weighted by molar-refractivity contribution is 5.98. The van der Waals surface area contributed by atoms with Crippen LogP contribution in [0.3, 0.4) is 0 Å². The van der Waals surface area contributed by atoms with Crippen LogP contribution in [0, 0.1) is 6.92 Å². The minimum atomic E-state index is -1.01. The topological polar surface area (TPSA) is 88.8 Å². The van der Waals surface area contributed by atoms with Gasteiger partial charge in [0.2, 0.25) is 0 Å². The summed E-state index contributed by atoms with van der Waals surface area (Å²) in [4.78, 5) is 20.8. The number of hydrogen-bond acceptors (Lipinski definition) is 6. The third-order valence-corrected chi connectivity index (χ3v) is 8.08. The molecule has 1 aromatic heterocycles. The van der Waals surface area contributed by atoms with Gasteiger partial charge in [-0.1, -0.05) is 60.9 Å². The van der Waals surface area contributed by atoms with Crippen molar-refractivity contribution in [3.63, 3.8) is 0 Å². The lowest BCUT2D eigenvalue weighted by atomic mass is 9.80. The molecule has 2 aliphatic rings. The van der Waals surface area contributed by atoms with Gasteiger partial charge in [0.15, 0.2) is 5.69 Å². The van der Waals surface area contributed by atoms with Crippen LogP contribution >= 0.6 is 0 Å². The quantitative estimate of drug-likeness (QED) is 0.429. The van der Waals surface area contributed by atoms with E-state index in [1.165, 1.54) is 5.56 Å². The maximum Gasteiger partial charge on any atom is 0.275 e. The van der Waals surface area contributed by atoms with E-state index in [0.717, 1.165) is 42.8 Å². The molecule has 0 radical (unpaired) electrons. The summed E-state index contributed by atoms with van der Waals surface area (Å²) in [5.74, 6) is 0.754. The van der Waals surface area contributed by atoms with Crippen LogP contribution in [0.25, 0.3) is 11.3 Å². The van der Waals surface area contributed by atoms with Gasteiger partial charge in [-0.05, 0) is 31.9 Å². The number of aryl methyl sites for hydroxylation is 1. The zero-order valence-corrected chi connectivity index (χ0v) is 23.0. The molecule has 0 spiro atoms. The Morgan fingerprint density at radius 2 is 1.95 bits per heavy atom. The molecule has 2 fully saturated rings. The van der Waals surface area contributed by atoms with Crippen LogP contribution in [-0.4, -0.2) is 77.1 Å². The minimum Gasteiger partial charge on any atom is -0.494 e. The van der Waals surface area contributed by atoms with E-state index in [0.29, 0.717) is 38.2 Å². The van der Waals surface area contributed by atoms with E-state index in [4.69, 9.17) is 14.5 Å². The normalized spacial score (nSPS) is 23.5. The molecule has 2 heterocycles. The van der Waals surface area contributed by atoms with Crippen molar-refractivity contribution in [2.24, 2.45) is 0 Å². The van der Waals surface area contributed by atoms with Crippen LogP contribution in [0.4, 0.5) is 0 Å². The van der Waals surface area contributed by atoms with E-state index in [-0.39, 0.29) is 24.6 Å². The molecule has 1 aliphatic carbocycles. The summed E-state index contributed by atoms with van der Waals surface area (Å²) in [7, 11) is 1.62. The van der Waals surface area contributed by atoms with Crippen molar-refractivity contribution < 1.29 is 19.4 Å². The molecule has 3 aromatic rings. The predicted octanol–water partition coefficient (Wildman–Crippen LogP) is 4.23. The van der Waals surface area contributed by atoms with Gasteiger partial charge in [-0.3, -0.25) is 4.79 Å². The fraction of sp³-hybridized carbons (Fsp3) is 0.484. The lowest BCUT2D eigenvalue weighted by molar-refractivity contribution is -0.0893. The molecule has 2 aromatic carbocycles. The number of amides is 1. The van der Waals surface area contributed by atoms with Gasteiger partial charge in [0.1, 0.15) is 11.4 Å². The number of ether oxygens (including phenoxy) is 2. The average molecular weight is 533 g/mol. The molecule has 1 saturated carbocycles. The van der Waals surface area contributed by atoms with Crippen molar-refractivity contribution in [1.82, 2.24) is 19.8 Å². The van der Waals surface area contributed by atoms with Crippen molar-refractivity contribution in [3.05, 3.63) is 72.2 Å². The number of nitrogens with zero attached hydrogens (tertiary/aromatic N) is 3. The Morgan fingerprint density at radius 1 is 1.15 bits per heavy atom. The van der Waals surface area contributed by atoms with Gasteiger partial charge in [0, 0.05) is 44.8 Å². The van der Waals surface area contributed by atoms with Crippen LogP contribution in [-0.2, 0) is 4.74 Å². The van der Waals surface area contributed by atoms with Crippen molar-refractivity contribution in [2.75, 3.05) is 40.0 Å². The monoisotopic (exact) mass is 532 g/mol. The number of rotatable bonds is 9. The first-order valence-electron chi connectivity index (χ1n) is 14.0. The Balaban J connectivity index is 1.42. The van der Waals surface area contributed by atoms with Crippen molar-refractivity contribution >= 4 is 5.91 Å². The first-order chi connectivity index (χ1) is 19.0. The highest BCUT2D eigenvalue weighted by atomic mass is 16.5. The Morgan fingerprint density at radius 3 is 2.72 bits per heavy atom.